The lowest BCUT2D eigenvalue weighted by molar-refractivity contribution is 0.420. The maximum atomic E-state index is 12.8. The van der Waals surface area contributed by atoms with Crippen molar-refractivity contribution >= 4 is 10.0 Å². The Kier molecular flexibility index (Phi) is 5.11. The first-order valence-corrected chi connectivity index (χ1v) is 9.29. The van der Waals surface area contributed by atoms with Gasteiger partial charge in [0.2, 0.25) is 10.0 Å². The average Bonchev–Trinajstić information content (AvgIpc) is 3.14. The third kappa shape index (κ3) is 3.49. The molecule has 2 rings (SSSR count). The largest absolute Gasteiger partial charge is 0.346 e. The van der Waals surface area contributed by atoms with Gasteiger partial charge in [0, 0.05) is 37.1 Å². The zero-order chi connectivity index (χ0) is 15.6. The zero-order valence-electron chi connectivity index (χ0n) is 13.5. The first-order chi connectivity index (χ1) is 9.91. The third-order valence-electron chi connectivity index (χ3n) is 3.89. The molecule has 1 N–H and O–H groups in total. The predicted molar refractivity (Wildman–Crippen MR) is 84.8 cm³/mol. The van der Waals surface area contributed by atoms with Crippen LogP contribution >= 0.6 is 0 Å². The highest BCUT2D eigenvalue weighted by molar-refractivity contribution is 7.89. The molecule has 1 aliphatic rings. The Balaban J connectivity index is 2.34. The second-order valence-electron chi connectivity index (χ2n) is 5.89. The standard InChI is InChI=1S/C15H27N3O2S/c1-5-16-10-14-9-15(11-17(14)12(3)4)21(19,20)18(6-2)13-7-8-13/h9,11-13,16H,5-8,10H2,1-4H3. The van der Waals surface area contributed by atoms with Crippen LogP contribution in [0.1, 0.15) is 52.3 Å². The maximum absolute atomic E-state index is 12.8. The topological polar surface area (TPSA) is 54.3 Å². The van der Waals surface area contributed by atoms with Gasteiger partial charge in [0.25, 0.3) is 0 Å². The number of nitrogens with one attached hydrogen (secondary N) is 1. The lowest BCUT2D eigenvalue weighted by Crippen LogP contribution is -2.32. The van der Waals surface area contributed by atoms with Crippen LogP contribution in [-0.2, 0) is 16.6 Å². The monoisotopic (exact) mass is 313 g/mol. The minimum absolute atomic E-state index is 0.208. The van der Waals surface area contributed by atoms with Gasteiger partial charge >= 0.3 is 0 Å². The van der Waals surface area contributed by atoms with E-state index in [1.54, 1.807) is 10.5 Å². The number of aromatic nitrogens is 1. The van der Waals surface area contributed by atoms with Gasteiger partial charge in [0.1, 0.15) is 4.90 Å². The molecule has 0 atom stereocenters. The highest BCUT2D eigenvalue weighted by atomic mass is 32.2. The fraction of sp³-hybridized carbons (Fsp3) is 0.733. The fourth-order valence-electron chi connectivity index (χ4n) is 2.64. The van der Waals surface area contributed by atoms with E-state index in [0.29, 0.717) is 18.0 Å². The summed E-state index contributed by atoms with van der Waals surface area (Å²) in [6, 6.07) is 2.28. The molecule has 0 aliphatic heterocycles. The van der Waals surface area contributed by atoms with Crippen LogP contribution in [0.5, 0.6) is 0 Å². The Bertz CT molecular complexity index is 574. The first kappa shape index (κ1) is 16.5. The Hall–Kier alpha value is -0.850. The Morgan fingerprint density at radius 1 is 1.38 bits per heavy atom. The fourth-order valence-corrected chi connectivity index (χ4v) is 4.38. The lowest BCUT2D eigenvalue weighted by atomic mass is 10.3. The van der Waals surface area contributed by atoms with E-state index in [9.17, 15) is 8.42 Å². The summed E-state index contributed by atoms with van der Waals surface area (Å²) in [5.41, 5.74) is 1.03. The van der Waals surface area contributed by atoms with Crippen LogP contribution < -0.4 is 5.32 Å². The molecule has 0 radical (unpaired) electrons. The molecule has 1 aromatic heterocycles. The van der Waals surface area contributed by atoms with Crippen molar-refractivity contribution in [2.45, 2.75) is 64.1 Å². The van der Waals surface area contributed by atoms with Gasteiger partial charge in [-0.2, -0.15) is 4.31 Å². The van der Waals surface area contributed by atoms with Gasteiger partial charge in [-0.25, -0.2) is 8.42 Å². The third-order valence-corrected chi connectivity index (χ3v) is 5.88. The van der Waals surface area contributed by atoms with E-state index in [1.165, 1.54) is 0 Å². The van der Waals surface area contributed by atoms with Gasteiger partial charge < -0.3 is 9.88 Å². The van der Waals surface area contributed by atoms with Gasteiger partial charge in [0.05, 0.1) is 0 Å². The van der Waals surface area contributed by atoms with Gasteiger partial charge in [-0.05, 0) is 39.3 Å². The summed E-state index contributed by atoms with van der Waals surface area (Å²) in [4.78, 5) is 0.429. The zero-order valence-corrected chi connectivity index (χ0v) is 14.3. The molecule has 1 aromatic rings. The van der Waals surface area contributed by atoms with Crippen molar-refractivity contribution in [1.82, 2.24) is 14.2 Å². The summed E-state index contributed by atoms with van der Waals surface area (Å²) in [5.74, 6) is 0. The lowest BCUT2D eigenvalue weighted by Gasteiger charge is -2.19. The Morgan fingerprint density at radius 3 is 2.52 bits per heavy atom. The van der Waals surface area contributed by atoms with Crippen LogP contribution in [0.4, 0.5) is 0 Å². The van der Waals surface area contributed by atoms with Crippen molar-refractivity contribution < 1.29 is 8.42 Å². The number of hydrogen-bond acceptors (Lipinski definition) is 3. The Morgan fingerprint density at radius 2 is 2.05 bits per heavy atom. The molecule has 1 fully saturated rings. The van der Waals surface area contributed by atoms with Gasteiger partial charge in [-0.15, -0.1) is 0 Å². The minimum Gasteiger partial charge on any atom is -0.346 e. The van der Waals surface area contributed by atoms with E-state index >= 15 is 0 Å². The second kappa shape index (κ2) is 6.50. The summed E-state index contributed by atoms with van der Waals surface area (Å²) in [5, 5.41) is 3.27. The van der Waals surface area contributed by atoms with E-state index in [-0.39, 0.29) is 12.1 Å². The molecule has 0 amide bonds. The van der Waals surface area contributed by atoms with Gasteiger partial charge in [-0.3, -0.25) is 0 Å². The molecule has 1 saturated carbocycles. The molecule has 1 aliphatic carbocycles. The van der Waals surface area contributed by atoms with Gasteiger partial charge in [0.15, 0.2) is 0 Å². The van der Waals surface area contributed by atoms with Crippen LogP contribution in [0.15, 0.2) is 17.2 Å². The maximum Gasteiger partial charge on any atom is 0.244 e. The SMILES string of the molecule is CCNCc1cc(S(=O)(=O)N(CC)C2CC2)cn1C(C)C. The highest BCUT2D eigenvalue weighted by Gasteiger charge is 2.37. The summed E-state index contributed by atoms with van der Waals surface area (Å²) in [7, 11) is -3.36. The molecular formula is C15H27N3O2S. The Labute approximate surface area is 128 Å². The summed E-state index contributed by atoms with van der Waals surface area (Å²) < 4.78 is 29.3. The summed E-state index contributed by atoms with van der Waals surface area (Å²) in [6.45, 7) is 10.2. The molecule has 21 heavy (non-hydrogen) atoms. The molecule has 0 unspecified atom stereocenters. The van der Waals surface area contributed by atoms with Crippen LogP contribution in [0.25, 0.3) is 0 Å². The van der Waals surface area contributed by atoms with Crippen LogP contribution in [0.3, 0.4) is 0 Å². The van der Waals surface area contributed by atoms with Gasteiger partial charge in [-0.1, -0.05) is 13.8 Å². The molecule has 1 heterocycles. The van der Waals surface area contributed by atoms with Crippen molar-refractivity contribution in [2.24, 2.45) is 0 Å². The number of nitrogens with zero attached hydrogens (tertiary/aromatic N) is 2. The average molecular weight is 313 g/mol. The van der Waals surface area contributed by atoms with E-state index in [1.807, 2.05) is 19.9 Å². The smallest absolute Gasteiger partial charge is 0.244 e. The van der Waals surface area contributed by atoms with Crippen LogP contribution in [-0.4, -0.2) is 36.4 Å². The number of hydrogen-bond donors (Lipinski definition) is 1. The summed E-state index contributed by atoms with van der Waals surface area (Å²) in [6.07, 6.45) is 3.77. The van der Waals surface area contributed by atoms with Crippen molar-refractivity contribution in [3.05, 3.63) is 18.0 Å². The van der Waals surface area contributed by atoms with E-state index in [4.69, 9.17) is 0 Å². The van der Waals surface area contributed by atoms with Crippen molar-refractivity contribution in [2.75, 3.05) is 13.1 Å². The van der Waals surface area contributed by atoms with Crippen LogP contribution in [0.2, 0.25) is 0 Å². The normalized spacial score (nSPS) is 16.1. The quantitative estimate of drug-likeness (QED) is 0.801. The van der Waals surface area contributed by atoms with E-state index in [0.717, 1.165) is 25.1 Å². The molecule has 6 heteroatoms. The van der Waals surface area contributed by atoms with Crippen LogP contribution in [0, 0.1) is 0 Å². The summed E-state index contributed by atoms with van der Waals surface area (Å²) >= 11 is 0. The van der Waals surface area contributed by atoms with E-state index < -0.39 is 10.0 Å². The predicted octanol–water partition coefficient (Wildman–Crippen LogP) is 2.35. The number of rotatable bonds is 8. The van der Waals surface area contributed by atoms with Crippen molar-refractivity contribution in [3.63, 3.8) is 0 Å². The molecule has 5 nitrogen and oxygen atoms in total. The van der Waals surface area contributed by atoms with Crippen molar-refractivity contribution in [3.8, 4) is 0 Å². The second-order valence-corrected chi connectivity index (χ2v) is 7.78. The van der Waals surface area contributed by atoms with E-state index in [2.05, 4.69) is 23.7 Å². The molecule has 120 valence electrons. The first-order valence-electron chi connectivity index (χ1n) is 7.85. The minimum atomic E-state index is -3.36. The molecule has 0 bridgehead atoms. The number of sulfonamides is 1. The molecule has 0 spiro atoms. The molecule has 0 aromatic carbocycles. The van der Waals surface area contributed by atoms with Crippen molar-refractivity contribution in [1.29, 1.82) is 0 Å². The molecule has 0 saturated heterocycles. The highest BCUT2D eigenvalue weighted by Crippen LogP contribution is 2.32. The molecular weight excluding hydrogens is 286 g/mol.